The number of carbonyl (C=O) groups excluding carboxylic acids is 1. The summed E-state index contributed by atoms with van der Waals surface area (Å²) in [7, 11) is 0. The molecule has 0 unspecified atom stereocenters. The van der Waals surface area contributed by atoms with Crippen LogP contribution in [0.15, 0.2) is 84.9 Å². The first-order valence-corrected chi connectivity index (χ1v) is 12.0. The predicted molar refractivity (Wildman–Crippen MR) is 135 cm³/mol. The largest absolute Gasteiger partial charge is 0.491 e. The number of nitrogens with zero attached hydrogens (tertiary/aromatic N) is 1. The SMILES string of the molecule is CC(C)(C)OC(=O)N1C[C@H](OCc2ccccc2)C[C@H]1COc1ccc(Oc2ccccc2)cc1. The third-order valence-corrected chi connectivity index (χ3v) is 5.58. The van der Waals surface area contributed by atoms with Gasteiger partial charge in [-0.1, -0.05) is 48.5 Å². The van der Waals surface area contributed by atoms with E-state index in [0.717, 1.165) is 17.1 Å². The van der Waals surface area contributed by atoms with Gasteiger partial charge in [0.05, 0.1) is 25.3 Å². The second-order valence-electron chi connectivity index (χ2n) is 9.64. The van der Waals surface area contributed by atoms with Crippen LogP contribution in [0.2, 0.25) is 0 Å². The molecule has 1 fully saturated rings. The summed E-state index contributed by atoms with van der Waals surface area (Å²) in [5.74, 6) is 2.22. The van der Waals surface area contributed by atoms with Crippen molar-refractivity contribution >= 4 is 6.09 Å². The van der Waals surface area contributed by atoms with Gasteiger partial charge in [0.25, 0.3) is 0 Å². The Hall–Kier alpha value is -3.51. The van der Waals surface area contributed by atoms with Crippen LogP contribution in [0.5, 0.6) is 17.2 Å². The van der Waals surface area contributed by atoms with Gasteiger partial charge in [-0.3, -0.25) is 4.90 Å². The van der Waals surface area contributed by atoms with E-state index >= 15 is 0 Å². The molecule has 0 saturated carbocycles. The lowest BCUT2D eigenvalue weighted by atomic mass is 10.2. The topological polar surface area (TPSA) is 57.2 Å². The van der Waals surface area contributed by atoms with E-state index in [9.17, 15) is 4.79 Å². The molecule has 1 saturated heterocycles. The van der Waals surface area contributed by atoms with Gasteiger partial charge in [0.15, 0.2) is 0 Å². The number of amides is 1. The quantitative estimate of drug-likeness (QED) is 0.375. The molecular formula is C29H33NO5. The zero-order valence-electron chi connectivity index (χ0n) is 20.6. The van der Waals surface area contributed by atoms with Crippen LogP contribution in [-0.2, 0) is 16.1 Å². The van der Waals surface area contributed by atoms with E-state index in [1.807, 2.05) is 106 Å². The van der Waals surface area contributed by atoms with Gasteiger partial charge in [0, 0.05) is 0 Å². The molecule has 1 amide bonds. The highest BCUT2D eigenvalue weighted by molar-refractivity contribution is 5.69. The molecule has 1 heterocycles. The highest BCUT2D eigenvalue weighted by Crippen LogP contribution is 2.27. The predicted octanol–water partition coefficient (Wildman–Crippen LogP) is 6.45. The minimum atomic E-state index is -0.569. The summed E-state index contributed by atoms with van der Waals surface area (Å²) in [5.41, 5.74) is 0.536. The lowest BCUT2D eigenvalue weighted by Gasteiger charge is -2.28. The van der Waals surface area contributed by atoms with E-state index in [-0.39, 0.29) is 18.2 Å². The Morgan fingerprint density at radius 3 is 2.11 bits per heavy atom. The molecule has 3 aromatic carbocycles. The molecule has 4 rings (SSSR count). The van der Waals surface area contributed by atoms with Crippen LogP contribution in [0.1, 0.15) is 32.8 Å². The second kappa shape index (κ2) is 11.3. The third-order valence-electron chi connectivity index (χ3n) is 5.58. The number of ether oxygens (including phenoxy) is 4. The van der Waals surface area contributed by atoms with E-state index in [2.05, 4.69) is 0 Å². The van der Waals surface area contributed by atoms with Gasteiger partial charge >= 0.3 is 6.09 Å². The third kappa shape index (κ3) is 7.49. The van der Waals surface area contributed by atoms with Crippen LogP contribution in [0, 0.1) is 0 Å². The summed E-state index contributed by atoms with van der Waals surface area (Å²) in [6.45, 7) is 6.94. The number of benzene rings is 3. The van der Waals surface area contributed by atoms with Crippen molar-refractivity contribution in [2.24, 2.45) is 0 Å². The fourth-order valence-corrected chi connectivity index (χ4v) is 3.91. The van der Waals surface area contributed by atoms with Gasteiger partial charge in [-0.2, -0.15) is 0 Å². The summed E-state index contributed by atoms with van der Waals surface area (Å²) in [4.78, 5) is 14.6. The molecule has 0 N–H and O–H groups in total. The van der Waals surface area contributed by atoms with Crippen LogP contribution in [0.3, 0.4) is 0 Å². The van der Waals surface area contributed by atoms with Gasteiger partial charge in [-0.25, -0.2) is 4.79 Å². The average Bonchev–Trinajstić information content (AvgIpc) is 3.26. The Bertz CT molecular complexity index is 1060. The second-order valence-corrected chi connectivity index (χ2v) is 9.64. The monoisotopic (exact) mass is 475 g/mol. The van der Waals surface area contributed by atoms with Crippen molar-refractivity contribution in [3.8, 4) is 17.2 Å². The van der Waals surface area contributed by atoms with Crippen molar-refractivity contribution < 1.29 is 23.7 Å². The Morgan fingerprint density at radius 2 is 1.46 bits per heavy atom. The first-order chi connectivity index (χ1) is 16.9. The van der Waals surface area contributed by atoms with Gasteiger partial charge in [-0.05, 0) is 69.2 Å². The maximum atomic E-state index is 12.9. The van der Waals surface area contributed by atoms with Crippen molar-refractivity contribution in [1.29, 1.82) is 0 Å². The van der Waals surface area contributed by atoms with Crippen LogP contribution in [0.4, 0.5) is 4.79 Å². The van der Waals surface area contributed by atoms with E-state index in [1.165, 1.54) is 0 Å². The average molecular weight is 476 g/mol. The van der Waals surface area contributed by atoms with E-state index in [4.69, 9.17) is 18.9 Å². The van der Waals surface area contributed by atoms with Gasteiger partial charge in [0.1, 0.15) is 29.5 Å². The Labute approximate surface area is 207 Å². The van der Waals surface area contributed by atoms with Crippen LogP contribution < -0.4 is 9.47 Å². The number of likely N-dealkylation sites (tertiary alicyclic amines) is 1. The molecule has 3 aromatic rings. The molecule has 0 spiro atoms. The molecule has 35 heavy (non-hydrogen) atoms. The zero-order valence-corrected chi connectivity index (χ0v) is 20.6. The zero-order chi connectivity index (χ0) is 24.7. The fourth-order valence-electron chi connectivity index (χ4n) is 3.91. The maximum absolute atomic E-state index is 12.9. The fraction of sp³-hybridized carbons (Fsp3) is 0.345. The van der Waals surface area contributed by atoms with Gasteiger partial charge in [0.2, 0.25) is 0 Å². The van der Waals surface area contributed by atoms with Crippen molar-refractivity contribution in [1.82, 2.24) is 4.90 Å². The van der Waals surface area contributed by atoms with Crippen LogP contribution in [-0.4, -0.2) is 41.9 Å². The number of para-hydroxylation sites is 1. The summed E-state index contributed by atoms with van der Waals surface area (Å²) in [6.07, 6.45) is 0.253. The van der Waals surface area contributed by atoms with Crippen molar-refractivity contribution in [2.75, 3.05) is 13.2 Å². The van der Waals surface area contributed by atoms with E-state index in [1.54, 1.807) is 4.90 Å². The number of hydrogen-bond acceptors (Lipinski definition) is 5. The lowest BCUT2D eigenvalue weighted by Crippen LogP contribution is -2.42. The summed E-state index contributed by atoms with van der Waals surface area (Å²) in [5, 5.41) is 0. The van der Waals surface area contributed by atoms with Crippen LogP contribution in [0.25, 0.3) is 0 Å². The molecule has 184 valence electrons. The molecule has 0 radical (unpaired) electrons. The molecule has 1 aliphatic rings. The highest BCUT2D eigenvalue weighted by Gasteiger charge is 2.38. The molecule has 0 bridgehead atoms. The normalized spacial score (nSPS) is 17.7. The summed E-state index contributed by atoms with van der Waals surface area (Å²) < 4.78 is 23.7. The molecule has 6 heteroatoms. The van der Waals surface area contributed by atoms with Crippen LogP contribution >= 0.6 is 0 Å². The molecule has 2 atom stereocenters. The highest BCUT2D eigenvalue weighted by atomic mass is 16.6. The summed E-state index contributed by atoms with van der Waals surface area (Å²) in [6, 6.07) is 27.0. The minimum absolute atomic E-state index is 0.0852. The van der Waals surface area contributed by atoms with Crippen molar-refractivity contribution in [3.05, 3.63) is 90.5 Å². The minimum Gasteiger partial charge on any atom is -0.491 e. The van der Waals surface area contributed by atoms with Gasteiger partial charge < -0.3 is 18.9 Å². The molecule has 0 aromatic heterocycles. The van der Waals surface area contributed by atoms with E-state index in [0.29, 0.717) is 31.9 Å². The van der Waals surface area contributed by atoms with Crippen molar-refractivity contribution in [2.45, 2.75) is 51.5 Å². The molecule has 0 aliphatic carbocycles. The first kappa shape index (κ1) is 24.6. The number of rotatable bonds is 8. The Balaban J connectivity index is 1.36. The Kier molecular flexibility index (Phi) is 7.93. The maximum Gasteiger partial charge on any atom is 0.410 e. The standard InChI is InChI=1S/C29H33NO5/c1-29(2,3)35-28(31)30-19-27(32-20-22-10-6-4-7-11-22)18-23(30)21-33-24-14-16-26(17-15-24)34-25-12-8-5-9-13-25/h4-17,23,27H,18-21H2,1-3H3/t23-,27+/m0/s1. The lowest BCUT2D eigenvalue weighted by molar-refractivity contribution is 0.0127. The number of carbonyl (C=O) groups is 1. The van der Waals surface area contributed by atoms with E-state index < -0.39 is 5.60 Å². The molecular weight excluding hydrogens is 442 g/mol. The van der Waals surface area contributed by atoms with Gasteiger partial charge in [-0.15, -0.1) is 0 Å². The molecule has 1 aliphatic heterocycles. The summed E-state index contributed by atoms with van der Waals surface area (Å²) >= 11 is 0. The smallest absolute Gasteiger partial charge is 0.410 e. The number of hydrogen-bond donors (Lipinski definition) is 0. The Morgan fingerprint density at radius 1 is 0.857 bits per heavy atom. The first-order valence-electron chi connectivity index (χ1n) is 12.0. The molecule has 6 nitrogen and oxygen atoms in total. The van der Waals surface area contributed by atoms with Crippen molar-refractivity contribution in [3.63, 3.8) is 0 Å².